The Morgan fingerprint density at radius 2 is 2.10 bits per heavy atom. The van der Waals surface area contributed by atoms with Gasteiger partial charge in [-0.2, -0.15) is 0 Å². The number of thioether (sulfide) groups is 1. The SMILES string of the molecule is C[C@@H]1C(=O)O[C@@H]2[C@H]1CC[C@]1(C)Cc3sc(NC(=O)CSCC(=O)O)nc3[C@H](C)[C@H]21. The number of fused-ring (bicyclic) bond motifs is 4. The van der Waals surface area contributed by atoms with Crippen LogP contribution in [0.4, 0.5) is 5.13 Å². The van der Waals surface area contributed by atoms with Crippen LogP contribution in [0, 0.1) is 23.2 Å². The van der Waals surface area contributed by atoms with Crippen LogP contribution in [0.25, 0.3) is 0 Å². The zero-order chi connectivity index (χ0) is 20.9. The van der Waals surface area contributed by atoms with Crippen LogP contribution < -0.4 is 5.32 Å². The lowest BCUT2D eigenvalue weighted by atomic mass is 9.54. The highest BCUT2D eigenvalue weighted by Crippen LogP contribution is 2.59. The van der Waals surface area contributed by atoms with Gasteiger partial charge < -0.3 is 15.2 Å². The second kappa shape index (κ2) is 7.58. The minimum absolute atomic E-state index is 0.0354. The standard InChI is InChI=1S/C20H26N2O5S2/c1-9-11-4-5-20(3)6-12-16(10(2)15(20)17(11)27-18(9)26)22-19(29-12)21-13(23)7-28-8-14(24)25/h9-11,15,17H,4-8H2,1-3H3,(H,24,25)(H,21,22,23)/t9-,10+,11-,15+,17+,20+/m0/s1. The number of rotatable bonds is 5. The summed E-state index contributed by atoms with van der Waals surface area (Å²) in [6, 6.07) is 0. The average molecular weight is 439 g/mol. The Morgan fingerprint density at radius 3 is 2.83 bits per heavy atom. The van der Waals surface area contributed by atoms with Crippen molar-refractivity contribution in [3.8, 4) is 0 Å². The van der Waals surface area contributed by atoms with Crippen molar-refractivity contribution in [2.24, 2.45) is 23.2 Å². The van der Waals surface area contributed by atoms with Crippen LogP contribution in [0.5, 0.6) is 0 Å². The fraction of sp³-hybridized carbons (Fsp3) is 0.700. The summed E-state index contributed by atoms with van der Waals surface area (Å²) < 4.78 is 5.85. The van der Waals surface area contributed by atoms with E-state index in [9.17, 15) is 14.4 Å². The molecule has 1 aliphatic heterocycles. The molecule has 7 nitrogen and oxygen atoms in total. The molecule has 29 heavy (non-hydrogen) atoms. The molecule has 9 heteroatoms. The summed E-state index contributed by atoms with van der Waals surface area (Å²) in [5.74, 6) is -0.623. The molecule has 4 rings (SSSR count). The predicted molar refractivity (Wildman–Crippen MR) is 111 cm³/mol. The highest BCUT2D eigenvalue weighted by molar-refractivity contribution is 8.00. The van der Waals surface area contributed by atoms with E-state index in [-0.39, 0.29) is 58.6 Å². The number of carbonyl (C=O) groups is 3. The van der Waals surface area contributed by atoms with E-state index < -0.39 is 5.97 Å². The van der Waals surface area contributed by atoms with Crippen molar-refractivity contribution < 1.29 is 24.2 Å². The Morgan fingerprint density at radius 1 is 1.34 bits per heavy atom. The minimum atomic E-state index is -0.933. The van der Waals surface area contributed by atoms with E-state index in [1.165, 1.54) is 16.2 Å². The molecule has 0 bridgehead atoms. The number of esters is 1. The number of aromatic nitrogens is 1. The van der Waals surface area contributed by atoms with E-state index in [1.54, 1.807) is 0 Å². The number of ether oxygens (including phenoxy) is 1. The maximum absolute atomic E-state index is 12.2. The summed E-state index contributed by atoms with van der Waals surface area (Å²) >= 11 is 2.58. The first-order valence-corrected chi connectivity index (χ1v) is 12.0. The number of nitrogens with one attached hydrogen (secondary N) is 1. The fourth-order valence-corrected chi connectivity index (χ4v) is 7.33. The van der Waals surface area contributed by atoms with Gasteiger partial charge in [0.05, 0.1) is 23.1 Å². The highest BCUT2D eigenvalue weighted by Gasteiger charge is 2.58. The number of carboxylic acid groups (broad SMARTS) is 1. The Hall–Kier alpha value is -1.61. The van der Waals surface area contributed by atoms with Crippen molar-refractivity contribution in [2.45, 2.75) is 52.1 Å². The van der Waals surface area contributed by atoms with Gasteiger partial charge in [-0.15, -0.1) is 23.1 Å². The number of hydrogen-bond donors (Lipinski definition) is 2. The Labute approximate surface area is 178 Å². The zero-order valence-corrected chi connectivity index (χ0v) is 18.4. The van der Waals surface area contributed by atoms with Gasteiger partial charge in [-0.05, 0) is 24.7 Å². The van der Waals surface area contributed by atoms with Crippen molar-refractivity contribution in [2.75, 3.05) is 16.8 Å². The summed E-state index contributed by atoms with van der Waals surface area (Å²) in [4.78, 5) is 40.8. The van der Waals surface area contributed by atoms with Crippen LogP contribution in [0.1, 0.15) is 50.1 Å². The van der Waals surface area contributed by atoms with E-state index in [1.807, 2.05) is 6.92 Å². The molecule has 158 valence electrons. The number of carbonyl (C=O) groups excluding carboxylic acids is 2. The normalized spacial score (nSPS) is 35.3. The maximum Gasteiger partial charge on any atom is 0.313 e. The smallest absolute Gasteiger partial charge is 0.313 e. The maximum atomic E-state index is 12.2. The molecule has 2 fully saturated rings. The Balaban J connectivity index is 1.52. The second-order valence-electron chi connectivity index (χ2n) is 8.80. The third-order valence-corrected chi connectivity index (χ3v) is 8.77. The van der Waals surface area contributed by atoms with E-state index in [4.69, 9.17) is 14.8 Å². The number of aliphatic carboxylic acids is 1. The number of amides is 1. The largest absolute Gasteiger partial charge is 0.481 e. The molecule has 1 aromatic heterocycles. The molecule has 6 atom stereocenters. The topological polar surface area (TPSA) is 106 Å². The summed E-state index contributed by atoms with van der Waals surface area (Å²) in [7, 11) is 0. The first-order chi connectivity index (χ1) is 13.7. The van der Waals surface area contributed by atoms with Gasteiger partial charge in [-0.25, -0.2) is 4.98 Å². The van der Waals surface area contributed by atoms with Gasteiger partial charge in [-0.3, -0.25) is 14.4 Å². The lowest BCUT2D eigenvalue weighted by molar-refractivity contribution is -0.149. The molecule has 2 N–H and O–H groups in total. The van der Waals surface area contributed by atoms with E-state index in [0.717, 1.165) is 36.7 Å². The first-order valence-electron chi connectivity index (χ1n) is 9.99. The van der Waals surface area contributed by atoms with Crippen LogP contribution in [-0.4, -0.2) is 45.5 Å². The Bertz CT molecular complexity index is 856. The van der Waals surface area contributed by atoms with Crippen molar-refractivity contribution >= 4 is 46.1 Å². The van der Waals surface area contributed by atoms with Crippen molar-refractivity contribution in [1.29, 1.82) is 0 Å². The van der Waals surface area contributed by atoms with Crippen LogP contribution in [-0.2, 0) is 25.5 Å². The molecule has 2 heterocycles. The van der Waals surface area contributed by atoms with Gasteiger partial charge in [-0.1, -0.05) is 20.8 Å². The summed E-state index contributed by atoms with van der Waals surface area (Å²) in [6.45, 7) is 6.44. The lowest BCUT2D eigenvalue weighted by Gasteiger charge is -2.51. The molecule has 2 aliphatic carbocycles. The minimum Gasteiger partial charge on any atom is -0.481 e. The lowest BCUT2D eigenvalue weighted by Crippen LogP contribution is -2.50. The molecule has 0 unspecified atom stereocenters. The summed E-state index contributed by atoms with van der Waals surface area (Å²) in [6.07, 6.45) is 2.91. The van der Waals surface area contributed by atoms with Gasteiger partial charge in [0.25, 0.3) is 0 Å². The summed E-state index contributed by atoms with van der Waals surface area (Å²) in [5, 5.41) is 12.1. The number of carboxylic acids is 1. The highest BCUT2D eigenvalue weighted by atomic mass is 32.2. The van der Waals surface area contributed by atoms with E-state index >= 15 is 0 Å². The number of nitrogens with zero attached hydrogens (tertiary/aromatic N) is 1. The van der Waals surface area contributed by atoms with Gasteiger partial charge >= 0.3 is 11.9 Å². The average Bonchev–Trinajstić information content (AvgIpc) is 3.14. The van der Waals surface area contributed by atoms with Gasteiger partial charge in [0.1, 0.15) is 6.10 Å². The van der Waals surface area contributed by atoms with E-state index in [2.05, 4.69) is 19.2 Å². The number of thiazole rings is 1. The third kappa shape index (κ3) is 3.67. The van der Waals surface area contributed by atoms with Gasteiger partial charge in [0.2, 0.25) is 5.91 Å². The van der Waals surface area contributed by atoms with Crippen molar-refractivity contribution in [3.05, 3.63) is 10.6 Å². The van der Waals surface area contributed by atoms with Crippen molar-refractivity contribution in [1.82, 2.24) is 4.98 Å². The second-order valence-corrected chi connectivity index (χ2v) is 10.9. The Kier molecular flexibility index (Phi) is 5.40. The summed E-state index contributed by atoms with van der Waals surface area (Å²) in [5.41, 5.74) is 1.06. The third-order valence-electron chi connectivity index (χ3n) is 6.86. The van der Waals surface area contributed by atoms with Gasteiger partial charge in [0.15, 0.2) is 5.13 Å². The molecular weight excluding hydrogens is 412 g/mol. The molecule has 1 saturated carbocycles. The molecular formula is C20H26N2O5S2. The molecule has 1 amide bonds. The van der Waals surface area contributed by atoms with E-state index in [0.29, 0.717) is 5.13 Å². The molecule has 3 aliphatic rings. The molecule has 1 saturated heterocycles. The molecule has 0 aromatic carbocycles. The zero-order valence-electron chi connectivity index (χ0n) is 16.8. The number of hydrogen-bond acceptors (Lipinski definition) is 7. The molecule has 1 aromatic rings. The van der Waals surface area contributed by atoms with Crippen LogP contribution >= 0.6 is 23.1 Å². The van der Waals surface area contributed by atoms with Crippen LogP contribution in [0.3, 0.4) is 0 Å². The fourth-order valence-electron chi connectivity index (χ4n) is 5.52. The van der Waals surface area contributed by atoms with Crippen LogP contribution in [0.2, 0.25) is 0 Å². The van der Waals surface area contributed by atoms with Gasteiger partial charge in [0, 0.05) is 22.6 Å². The first kappa shape index (κ1) is 20.7. The number of anilines is 1. The molecule has 0 spiro atoms. The van der Waals surface area contributed by atoms with Crippen molar-refractivity contribution in [3.63, 3.8) is 0 Å². The quantitative estimate of drug-likeness (QED) is 0.680. The molecule has 0 radical (unpaired) electrons. The van der Waals surface area contributed by atoms with Crippen LogP contribution in [0.15, 0.2) is 0 Å². The predicted octanol–water partition coefficient (Wildman–Crippen LogP) is 3.15. The monoisotopic (exact) mass is 438 g/mol.